The Bertz CT molecular complexity index is 177. The fraction of sp³-hybridized carbons (Fsp3) is 1.00. The zero-order chi connectivity index (χ0) is 12.7. The quantitative estimate of drug-likeness (QED) is 0.506. The van der Waals surface area contributed by atoms with Crippen molar-refractivity contribution in [3.63, 3.8) is 0 Å². The van der Waals surface area contributed by atoms with Gasteiger partial charge in [-0.1, -0.05) is 13.3 Å². The van der Waals surface area contributed by atoms with Crippen LogP contribution in [0.5, 0.6) is 0 Å². The number of thiol groups is 2. The van der Waals surface area contributed by atoms with Gasteiger partial charge in [-0.3, -0.25) is 0 Å². The van der Waals surface area contributed by atoms with Crippen LogP contribution >= 0.6 is 24.2 Å². The van der Waals surface area contributed by atoms with Gasteiger partial charge in [0.25, 0.3) is 5.89 Å². The average molecular weight is 301 g/mol. The molecule has 0 fully saturated rings. The molecule has 0 saturated heterocycles. The Kier molecular flexibility index (Phi) is 8.69. The molecule has 0 aromatic heterocycles. The van der Waals surface area contributed by atoms with Gasteiger partial charge in [-0.2, -0.15) is 24.2 Å². The summed E-state index contributed by atoms with van der Waals surface area (Å²) < 4.78 is 17.5. The standard InChI is InChI=1S/C9H24O3S2Si2/c1-5-9-15(13,14)16(10-6-2,11-7-3)12-8-4/h13-14H,5-9H2,1-4H3. The van der Waals surface area contributed by atoms with E-state index in [-0.39, 0.29) is 0 Å². The molecule has 0 aliphatic rings. The van der Waals surface area contributed by atoms with Gasteiger partial charge >= 0.3 is 8.32 Å². The Balaban J connectivity index is 4.96. The summed E-state index contributed by atoms with van der Waals surface area (Å²) in [7, 11) is -2.68. The van der Waals surface area contributed by atoms with E-state index in [4.69, 9.17) is 37.4 Å². The van der Waals surface area contributed by atoms with Crippen LogP contribution in [0.15, 0.2) is 0 Å². The van der Waals surface area contributed by atoms with Crippen LogP contribution in [0.25, 0.3) is 0 Å². The lowest BCUT2D eigenvalue weighted by atomic mass is 10.6. The smallest absolute Gasteiger partial charge is 0.376 e. The Morgan fingerprint density at radius 1 is 0.812 bits per heavy atom. The summed E-state index contributed by atoms with van der Waals surface area (Å²) in [4.78, 5) is 0. The van der Waals surface area contributed by atoms with E-state index < -0.39 is 14.2 Å². The fourth-order valence-corrected chi connectivity index (χ4v) is 14.5. The van der Waals surface area contributed by atoms with Crippen LogP contribution < -0.4 is 0 Å². The van der Waals surface area contributed by atoms with Crippen LogP contribution in [-0.4, -0.2) is 34.0 Å². The van der Waals surface area contributed by atoms with Gasteiger partial charge in [0.05, 0.1) is 0 Å². The van der Waals surface area contributed by atoms with Crippen molar-refractivity contribution in [3.8, 4) is 0 Å². The van der Waals surface area contributed by atoms with Gasteiger partial charge < -0.3 is 13.3 Å². The van der Waals surface area contributed by atoms with E-state index >= 15 is 0 Å². The van der Waals surface area contributed by atoms with E-state index in [1.807, 2.05) is 20.8 Å². The molecular formula is C9H24O3S2Si2. The average Bonchev–Trinajstić information content (AvgIpc) is 2.18. The SMILES string of the molecule is CCC[Si](S)(S)[Si](OCC)(OCC)OCC. The molecule has 0 spiro atoms. The zero-order valence-corrected chi connectivity index (χ0v) is 14.4. The summed E-state index contributed by atoms with van der Waals surface area (Å²) in [5, 5.41) is 0. The maximum atomic E-state index is 5.83. The molecule has 0 bridgehead atoms. The molecule has 0 rings (SSSR count). The molecule has 0 saturated carbocycles. The predicted molar refractivity (Wildman–Crippen MR) is 79.5 cm³/mol. The Labute approximate surface area is 112 Å². The highest BCUT2D eigenvalue weighted by atomic mass is 32.5. The van der Waals surface area contributed by atoms with Crippen molar-refractivity contribution in [2.45, 2.75) is 40.2 Å². The van der Waals surface area contributed by atoms with Gasteiger partial charge in [-0.25, -0.2) is 0 Å². The summed E-state index contributed by atoms with van der Waals surface area (Å²) in [6, 6.07) is 0.936. The van der Waals surface area contributed by atoms with E-state index in [1.165, 1.54) is 0 Å². The lowest BCUT2D eigenvalue weighted by molar-refractivity contribution is 0.0921. The second-order valence-corrected chi connectivity index (χ2v) is 20.1. The minimum Gasteiger partial charge on any atom is -0.376 e. The first-order valence-corrected chi connectivity index (χ1v) is 13.4. The molecule has 3 nitrogen and oxygen atoms in total. The maximum absolute atomic E-state index is 5.83. The summed E-state index contributed by atoms with van der Waals surface area (Å²) >= 11 is 9.48. The van der Waals surface area contributed by atoms with Gasteiger partial charge in [0.1, 0.15) is 0 Å². The molecule has 98 valence electrons. The number of rotatable bonds is 9. The van der Waals surface area contributed by atoms with Crippen molar-refractivity contribution in [3.05, 3.63) is 0 Å². The van der Waals surface area contributed by atoms with Gasteiger partial charge in [0.2, 0.25) is 0 Å². The van der Waals surface area contributed by atoms with Gasteiger partial charge in [-0.15, -0.1) is 0 Å². The van der Waals surface area contributed by atoms with Crippen LogP contribution in [0.3, 0.4) is 0 Å². The second kappa shape index (κ2) is 8.17. The van der Waals surface area contributed by atoms with Crippen LogP contribution in [-0.2, 0) is 13.3 Å². The van der Waals surface area contributed by atoms with Crippen LogP contribution in [0.1, 0.15) is 34.1 Å². The van der Waals surface area contributed by atoms with Gasteiger partial charge in [0, 0.05) is 19.8 Å². The molecule has 0 atom stereocenters. The highest BCUT2D eigenvalue weighted by Gasteiger charge is 2.59. The maximum Gasteiger partial charge on any atom is 0.495 e. The topological polar surface area (TPSA) is 27.7 Å². The van der Waals surface area contributed by atoms with Crippen molar-refractivity contribution in [2.24, 2.45) is 0 Å². The first kappa shape index (κ1) is 17.0. The normalized spacial score (nSPS) is 13.1. The molecule has 0 radical (unpaired) electrons. The minimum atomic E-state index is -2.68. The third kappa shape index (κ3) is 4.36. The molecule has 16 heavy (non-hydrogen) atoms. The third-order valence-electron chi connectivity index (χ3n) is 2.09. The van der Waals surface area contributed by atoms with Crippen LogP contribution in [0, 0.1) is 0 Å². The van der Waals surface area contributed by atoms with E-state index in [0.717, 1.165) is 12.5 Å². The predicted octanol–water partition coefficient (Wildman–Crippen LogP) is 2.83. The van der Waals surface area contributed by atoms with Crippen molar-refractivity contribution >= 4 is 38.4 Å². The molecule has 0 unspecified atom stereocenters. The second-order valence-electron chi connectivity index (χ2n) is 3.42. The van der Waals surface area contributed by atoms with Crippen molar-refractivity contribution in [2.75, 3.05) is 19.8 Å². The third-order valence-corrected chi connectivity index (χ3v) is 17.5. The van der Waals surface area contributed by atoms with Crippen molar-refractivity contribution in [1.29, 1.82) is 0 Å². The Morgan fingerprint density at radius 3 is 1.44 bits per heavy atom. The lowest BCUT2D eigenvalue weighted by Gasteiger charge is -2.37. The molecular weight excluding hydrogens is 276 g/mol. The summed E-state index contributed by atoms with van der Waals surface area (Å²) in [5.74, 6) is -2.18. The summed E-state index contributed by atoms with van der Waals surface area (Å²) in [5.41, 5.74) is 0. The highest BCUT2D eigenvalue weighted by Crippen LogP contribution is 2.34. The molecule has 0 aliphatic carbocycles. The first-order valence-electron chi connectivity index (χ1n) is 5.86. The molecule has 0 aliphatic heterocycles. The fourth-order valence-electron chi connectivity index (χ4n) is 1.54. The molecule has 0 amide bonds. The first-order chi connectivity index (χ1) is 7.49. The number of hydrogen-bond acceptors (Lipinski definition) is 5. The molecule has 7 heteroatoms. The number of hydrogen-bond donors (Lipinski definition) is 2. The van der Waals surface area contributed by atoms with Crippen LogP contribution in [0.2, 0.25) is 6.04 Å². The minimum absolute atomic E-state index is 0.589. The van der Waals surface area contributed by atoms with Gasteiger partial charge in [0.15, 0.2) is 0 Å². The largest absolute Gasteiger partial charge is 0.495 e. The Hall–Kier alpha value is 1.01. The molecule has 0 aromatic carbocycles. The summed E-state index contributed by atoms with van der Waals surface area (Å²) in [6.45, 7) is 9.76. The zero-order valence-electron chi connectivity index (χ0n) is 10.7. The Morgan fingerprint density at radius 2 is 1.19 bits per heavy atom. The van der Waals surface area contributed by atoms with Crippen LogP contribution in [0.4, 0.5) is 0 Å². The molecule has 0 N–H and O–H groups in total. The monoisotopic (exact) mass is 300 g/mol. The van der Waals surface area contributed by atoms with Gasteiger partial charge in [-0.05, 0) is 26.8 Å². The highest BCUT2D eigenvalue weighted by molar-refractivity contribution is 8.52. The molecule has 0 aromatic rings. The van der Waals surface area contributed by atoms with Crippen molar-refractivity contribution in [1.82, 2.24) is 0 Å². The van der Waals surface area contributed by atoms with E-state index in [2.05, 4.69) is 6.92 Å². The van der Waals surface area contributed by atoms with E-state index in [0.29, 0.717) is 19.8 Å². The van der Waals surface area contributed by atoms with E-state index in [9.17, 15) is 0 Å². The molecule has 0 heterocycles. The van der Waals surface area contributed by atoms with E-state index in [1.54, 1.807) is 0 Å². The summed E-state index contributed by atoms with van der Waals surface area (Å²) in [6.07, 6.45) is 1.03. The lowest BCUT2D eigenvalue weighted by Crippen LogP contribution is -2.63. The van der Waals surface area contributed by atoms with Crippen molar-refractivity contribution < 1.29 is 13.3 Å².